The Morgan fingerprint density at radius 2 is 1.89 bits per heavy atom. The van der Waals surface area contributed by atoms with Gasteiger partial charge in [0.15, 0.2) is 0 Å². The van der Waals surface area contributed by atoms with Gasteiger partial charge in [-0.15, -0.1) is 0 Å². The van der Waals surface area contributed by atoms with Crippen molar-refractivity contribution in [3.05, 3.63) is 74.1 Å². The molecule has 0 saturated carbocycles. The molecule has 0 bridgehead atoms. The molecule has 0 aliphatic carbocycles. The highest BCUT2D eigenvalue weighted by Crippen LogP contribution is 2.31. The molecular weight excluding hydrogens is 385 g/mol. The van der Waals surface area contributed by atoms with E-state index in [0.717, 1.165) is 16.7 Å². The van der Waals surface area contributed by atoms with Gasteiger partial charge >= 0.3 is 11.9 Å². The van der Waals surface area contributed by atoms with Crippen LogP contribution in [0.1, 0.15) is 5.56 Å². The zero-order chi connectivity index (χ0) is 19.3. The first-order chi connectivity index (χ1) is 12.8. The number of H-pyrrole nitrogens is 1. The molecule has 0 saturated heterocycles. The Morgan fingerprint density at radius 1 is 1.11 bits per heavy atom. The van der Waals surface area contributed by atoms with Crippen molar-refractivity contribution in [1.82, 2.24) is 19.5 Å². The number of halogens is 4. The summed E-state index contributed by atoms with van der Waals surface area (Å²) in [5, 5.41) is 0.0781. The summed E-state index contributed by atoms with van der Waals surface area (Å²) < 4.78 is 40.2. The second-order valence-electron chi connectivity index (χ2n) is 5.66. The number of aromatic nitrogens is 4. The molecule has 0 amide bonds. The van der Waals surface area contributed by atoms with Crippen LogP contribution < -0.4 is 11.2 Å². The maximum absolute atomic E-state index is 13.1. The molecule has 4 aromatic rings. The van der Waals surface area contributed by atoms with Crippen LogP contribution in [0.2, 0.25) is 5.15 Å². The summed E-state index contributed by atoms with van der Waals surface area (Å²) in [6.45, 7) is 0. The number of nitrogens with zero attached hydrogens (tertiary/aromatic N) is 3. The third-order valence-electron chi connectivity index (χ3n) is 3.98. The highest BCUT2D eigenvalue weighted by Gasteiger charge is 2.30. The van der Waals surface area contributed by atoms with Crippen molar-refractivity contribution < 1.29 is 13.2 Å². The molecule has 0 atom stereocenters. The van der Waals surface area contributed by atoms with Crippen LogP contribution in [0.15, 0.2) is 52.2 Å². The number of fused-ring (bicyclic) bond motifs is 3. The Labute approximate surface area is 152 Å². The van der Waals surface area contributed by atoms with E-state index in [9.17, 15) is 22.8 Å². The highest BCUT2D eigenvalue weighted by molar-refractivity contribution is 6.30. The molecule has 0 aliphatic rings. The Morgan fingerprint density at radius 3 is 2.63 bits per heavy atom. The average Bonchev–Trinajstić information content (AvgIpc) is 2.61. The summed E-state index contributed by atoms with van der Waals surface area (Å²) in [7, 11) is 0. The molecule has 0 radical (unpaired) electrons. The normalized spacial score (nSPS) is 12.0. The smallest absolute Gasteiger partial charge is 0.273 e. The molecule has 0 spiro atoms. The monoisotopic (exact) mass is 392 g/mol. The summed E-state index contributed by atoms with van der Waals surface area (Å²) in [6.07, 6.45) is -3.36. The number of nitrogens with one attached hydrogen (secondary N) is 1. The molecule has 4 rings (SSSR count). The number of hydrogen-bond donors (Lipinski definition) is 1. The van der Waals surface area contributed by atoms with E-state index >= 15 is 0 Å². The summed E-state index contributed by atoms with van der Waals surface area (Å²) in [6, 6.07) is 7.21. The van der Waals surface area contributed by atoms with Gasteiger partial charge in [0, 0.05) is 6.20 Å². The Kier molecular flexibility index (Phi) is 3.77. The quantitative estimate of drug-likeness (QED) is 0.398. The van der Waals surface area contributed by atoms with E-state index in [0.29, 0.717) is 5.52 Å². The first kappa shape index (κ1) is 17.2. The standard InChI is InChI=1S/C17H8ClF3N4O2/c18-12-5-4-11-13(23-12)14-10(7-22-11)15(26)24-16(27)25(14)9-3-1-2-8(6-9)17(19,20)21/h1-7H,(H,24,26,27). The fourth-order valence-corrected chi connectivity index (χ4v) is 2.96. The molecule has 27 heavy (non-hydrogen) atoms. The van der Waals surface area contributed by atoms with Crippen molar-refractivity contribution in [3.63, 3.8) is 0 Å². The van der Waals surface area contributed by atoms with Gasteiger partial charge in [0.2, 0.25) is 0 Å². The van der Waals surface area contributed by atoms with Crippen LogP contribution in [0.3, 0.4) is 0 Å². The summed E-state index contributed by atoms with van der Waals surface area (Å²) >= 11 is 5.92. The fraction of sp³-hybridized carbons (Fsp3) is 0.0588. The summed E-state index contributed by atoms with van der Waals surface area (Å²) in [5.41, 5.74) is -2.16. The van der Waals surface area contributed by atoms with E-state index in [4.69, 9.17) is 11.6 Å². The van der Waals surface area contributed by atoms with Crippen LogP contribution in [0.5, 0.6) is 0 Å². The van der Waals surface area contributed by atoms with Crippen LogP contribution in [0.4, 0.5) is 13.2 Å². The lowest BCUT2D eigenvalue weighted by atomic mass is 10.1. The van der Waals surface area contributed by atoms with Crippen LogP contribution in [0.25, 0.3) is 27.6 Å². The summed E-state index contributed by atoms with van der Waals surface area (Å²) in [5.74, 6) is 0. The maximum Gasteiger partial charge on any atom is 0.416 e. The van der Waals surface area contributed by atoms with Crippen LogP contribution in [-0.4, -0.2) is 19.5 Å². The molecule has 3 heterocycles. The minimum absolute atomic E-state index is 0.00530. The van der Waals surface area contributed by atoms with E-state index < -0.39 is 23.0 Å². The molecule has 0 unspecified atom stereocenters. The minimum atomic E-state index is -4.59. The van der Waals surface area contributed by atoms with E-state index in [1.54, 1.807) is 0 Å². The second kappa shape index (κ2) is 5.92. The topological polar surface area (TPSA) is 80.6 Å². The third kappa shape index (κ3) is 2.85. The number of alkyl halides is 3. The highest BCUT2D eigenvalue weighted by atomic mass is 35.5. The van der Waals surface area contributed by atoms with Crippen LogP contribution in [0, 0.1) is 0 Å². The van der Waals surface area contributed by atoms with Crippen molar-refractivity contribution in [2.75, 3.05) is 0 Å². The first-order valence-electron chi connectivity index (χ1n) is 7.53. The number of hydrogen-bond acceptors (Lipinski definition) is 4. The van der Waals surface area contributed by atoms with Gasteiger partial charge in [-0.1, -0.05) is 17.7 Å². The molecule has 10 heteroatoms. The number of aromatic amines is 1. The lowest BCUT2D eigenvalue weighted by Gasteiger charge is -2.13. The van der Waals surface area contributed by atoms with Gasteiger partial charge in [-0.25, -0.2) is 9.78 Å². The van der Waals surface area contributed by atoms with Crippen LogP contribution in [-0.2, 0) is 6.18 Å². The molecule has 136 valence electrons. The summed E-state index contributed by atoms with van der Waals surface area (Å²) in [4.78, 5) is 35.0. The van der Waals surface area contributed by atoms with Gasteiger partial charge in [-0.3, -0.25) is 19.3 Å². The number of rotatable bonds is 1. The third-order valence-corrected chi connectivity index (χ3v) is 4.19. The van der Waals surface area contributed by atoms with Crippen LogP contribution >= 0.6 is 11.6 Å². The van der Waals surface area contributed by atoms with Gasteiger partial charge in [0.05, 0.1) is 27.7 Å². The van der Waals surface area contributed by atoms with E-state index in [1.807, 2.05) is 0 Å². The van der Waals surface area contributed by atoms with Crippen molar-refractivity contribution in [1.29, 1.82) is 0 Å². The van der Waals surface area contributed by atoms with Gasteiger partial charge in [0.25, 0.3) is 5.56 Å². The van der Waals surface area contributed by atoms with E-state index in [1.165, 1.54) is 30.5 Å². The largest absolute Gasteiger partial charge is 0.416 e. The predicted octanol–water partition coefficient (Wildman–Crippen LogP) is 3.29. The first-order valence-corrected chi connectivity index (χ1v) is 7.91. The molecule has 6 nitrogen and oxygen atoms in total. The van der Waals surface area contributed by atoms with Gasteiger partial charge < -0.3 is 0 Å². The van der Waals surface area contributed by atoms with Gasteiger partial charge in [-0.2, -0.15) is 13.2 Å². The Bertz CT molecular complexity index is 1330. The lowest BCUT2D eigenvalue weighted by molar-refractivity contribution is -0.137. The van der Waals surface area contributed by atoms with E-state index in [2.05, 4.69) is 15.0 Å². The zero-order valence-corrected chi connectivity index (χ0v) is 14.0. The number of pyridine rings is 2. The molecular formula is C17H8ClF3N4O2. The van der Waals surface area contributed by atoms with Crippen molar-refractivity contribution in [3.8, 4) is 5.69 Å². The molecule has 3 aromatic heterocycles. The van der Waals surface area contributed by atoms with Crippen molar-refractivity contribution >= 4 is 33.5 Å². The molecule has 1 N–H and O–H groups in total. The molecule has 0 fully saturated rings. The fourth-order valence-electron chi connectivity index (χ4n) is 2.81. The Hall–Kier alpha value is -3.20. The molecule has 0 aliphatic heterocycles. The zero-order valence-electron chi connectivity index (χ0n) is 13.2. The van der Waals surface area contributed by atoms with Crippen molar-refractivity contribution in [2.24, 2.45) is 0 Å². The lowest BCUT2D eigenvalue weighted by Crippen LogP contribution is -2.29. The molecule has 1 aromatic carbocycles. The SMILES string of the molecule is O=c1[nH]c(=O)n(-c2cccc(C(F)(F)F)c2)c2c1cnc1ccc(Cl)nc12. The van der Waals surface area contributed by atoms with Gasteiger partial charge in [-0.05, 0) is 30.3 Å². The maximum atomic E-state index is 13.1. The number of benzene rings is 1. The minimum Gasteiger partial charge on any atom is -0.273 e. The second-order valence-corrected chi connectivity index (χ2v) is 6.05. The van der Waals surface area contributed by atoms with Gasteiger partial charge in [0.1, 0.15) is 10.7 Å². The average molecular weight is 393 g/mol. The van der Waals surface area contributed by atoms with Crippen molar-refractivity contribution in [2.45, 2.75) is 6.18 Å². The van der Waals surface area contributed by atoms with E-state index in [-0.39, 0.29) is 27.3 Å². The predicted molar refractivity (Wildman–Crippen MR) is 93.3 cm³/mol. The Balaban J connectivity index is 2.20.